The Kier molecular flexibility index (Phi) is 6.91. The number of nitrogens with one attached hydrogen (secondary N) is 1. The summed E-state index contributed by atoms with van der Waals surface area (Å²) in [5.41, 5.74) is 5.37. The summed E-state index contributed by atoms with van der Waals surface area (Å²) in [6.07, 6.45) is 1.61. The van der Waals surface area contributed by atoms with E-state index in [1.165, 1.54) is 11.1 Å². The van der Waals surface area contributed by atoms with Crippen molar-refractivity contribution in [2.24, 2.45) is 0 Å². The molecule has 1 amide bonds. The van der Waals surface area contributed by atoms with Crippen molar-refractivity contribution in [2.75, 3.05) is 6.54 Å². The first kappa shape index (κ1) is 22.1. The molecule has 1 aromatic heterocycles. The number of imidazole rings is 1. The lowest BCUT2D eigenvalue weighted by Gasteiger charge is -2.12. The molecule has 0 saturated heterocycles. The molecule has 0 fully saturated rings. The number of para-hydroxylation sites is 2. The Balaban J connectivity index is 1.44. The molecule has 4 rings (SSSR count). The Hall–Kier alpha value is -3.11. The van der Waals surface area contributed by atoms with Crippen molar-refractivity contribution < 1.29 is 4.79 Å². The maximum atomic E-state index is 12.3. The van der Waals surface area contributed by atoms with Crippen LogP contribution in [0.2, 0.25) is 5.02 Å². The van der Waals surface area contributed by atoms with Crippen LogP contribution in [0, 0.1) is 0 Å². The molecule has 0 atom stereocenters. The van der Waals surface area contributed by atoms with Gasteiger partial charge in [-0.25, -0.2) is 4.98 Å². The minimum Gasteiger partial charge on any atom is -0.352 e. The van der Waals surface area contributed by atoms with Gasteiger partial charge in [-0.1, -0.05) is 61.8 Å². The summed E-state index contributed by atoms with van der Waals surface area (Å²) in [6, 6.07) is 24.0. The minimum atomic E-state index is -0.0830. The fraction of sp³-hybridized carbons (Fsp3) is 0.259. The van der Waals surface area contributed by atoms with Gasteiger partial charge in [0.2, 0.25) is 0 Å². The van der Waals surface area contributed by atoms with Crippen LogP contribution < -0.4 is 5.32 Å². The van der Waals surface area contributed by atoms with Gasteiger partial charge in [-0.3, -0.25) is 4.79 Å². The highest BCUT2D eigenvalue weighted by Crippen LogP contribution is 2.21. The van der Waals surface area contributed by atoms with Crippen LogP contribution in [0.25, 0.3) is 11.0 Å². The van der Waals surface area contributed by atoms with Gasteiger partial charge in [0, 0.05) is 30.1 Å². The number of rotatable bonds is 8. The summed E-state index contributed by atoms with van der Waals surface area (Å²) in [6.45, 7) is 5.80. The number of benzene rings is 3. The first-order chi connectivity index (χ1) is 15.5. The molecule has 1 heterocycles. The third-order valence-electron chi connectivity index (χ3n) is 5.69. The van der Waals surface area contributed by atoms with Crippen molar-refractivity contribution in [1.82, 2.24) is 14.9 Å². The van der Waals surface area contributed by atoms with E-state index in [9.17, 15) is 4.79 Å². The first-order valence-electron chi connectivity index (χ1n) is 11.1. The molecule has 0 bridgehead atoms. The fourth-order valence-electron chi connectivity index (χ4n) is 3.83. The summed E-state index contributed by atoms with van der Waals surface area (Å²) < 4.78 is 2.29. The van der Waals surface area contributed by atoms with E-state index in [1.807, 2.05) is 6.07 Å². The van der Waals surface area contributed by atoms with Gasteiger partial charge in [0.1, 0.15) is 5.82 Å². The van der Waals surface area contributed by atoms with E-state index in [-0.39, 0.29) is 5.91 Å². The van der Waals surface area contributed by atoms with Gasteiger partial charge in [0.15, 0.2) is 0 Å². The molecule has 0 spiro atoms. The van der Waals surface area contributed by atoms with Crippen LogP contribution in [0.1, 0.15) is 53.5 Å². The molecule has 0 saturated carbocycles. The summed E-state index contributed by atoms with van der Waals surface area (Å²) in [5, 5.41) is 3.61. The monoisotopic (exact) mass is 445 g/mol. The number of amides is 1. The number of hydrogen-bond acceptors (Lipinski definition) is 2. The molecule has 0 aliphatic rings. The average molecular weight is 446 g/mol. The van der Waals surface area contributed by atoms with E-state index >= 15 is 0 Å². The summed E-state index contributed by atoms with van der Waals surface area (Å²) in [4.78, 5) is 17.2. The van der Waals surface area contributed by atoms with Gasteiger partial charge >= 0.3 is 0 Å². The molecular weight excluding hydrogens is 418 g/mol. The number of hydrogen-bond donors (Lipinski definition) is 1. The number of carbonyl (C=O) groups excluding carboxylic acids is 1. The third kappa shape index (κ3) is 5.20. The largest absolute Gasteiger partial charge is 0.352 e. The molecule has 1 N–H and O–H groups in total. The topological polar surface area (TPSA) is 46.9 Å². The smallest absolute Gasteiger partial charge is 0.251 e. The van der Waals surface area contributed by atoms with Crippen LogP contribution in [-0.4, -0.2) is 22.0 Å². The predicted octanol–water partition coefficient (Wildman–Crippen LogP) is 6.22. The molecule has 5 heteroatoms. The maximum Gasteiger partial charge on any atom is 0.251 e. The standard InChI is InChI=1S/C27H28ClN3O/c1-19(2)21-11-9-20(10-12-21)18-31-25-7-4-3-6-24(25)30-26(31)8-5-17-29-27(32)22-13-15-23(28)16-14-22/h3-4,6-7,9-16,19H,5,8,17-18H2,1-2H3,(H,29,32). The fourth-order valence-corrected chi connectivity index (χ4v) is 3.96. The quantitative estimate of drug-likeness (QED) is 0.327. The number of halogens is 1. The molecule has 32 heavy (non-hydrogen) atoms. The van der Waals surface area contributed by atoms with Gasteiger partial charge in [-0.15, -0.1) is 0 Å². The van der Waals surface area contributed by atoms with Crippen LogP contribution in [-0.2, 0) is 13.0 Å². The molecule has 0 unspecified atom stereocenters. The molecule has 0 aliphatic heterocycles. The zero-order valence-corrected chi connectivity index (χ0v) is 19.3. The number of carbonyl (C=O) groups is 1. The zero-order valence-electron chi connectivity index (χ0n) is 18.5. The normalized spacial score (nSPS) is 11.2. The third-order valence-corrected chi connectivity index (χ3v) is 5.94. The van der Waals surface area contributed by atoms with E-state index in [2.05, 4.69) is 66.2 Å². The molecule has 164 valence electrons. The van der Waals surface area contributed by atoms with Crippen molar-refractivity contribution in [3.63, 3.8) is 0 Å². The summed E-state index contributed by atoms with van der Waals surface area (Å²) in [7, 11) is 0. The van der Waals surface area contributed by atoms with Crippen LogP contribution >= 0.6 is 11.6 Å². The highest BCUT2D eigenvalue weighted by Gasteiger charge is 2.12. The first-order valence-corrected chi connectivity index (χ1v) is 11.5. The highest BCUT2D eigenvalue weighted by atomic mass is 35.5. The van der Waals surface area contributed by atoms with Gasteiger partial charge in [-0.05, 0) is 59.9 Å². The van der Waals surface area contributed by atoms with Crippen molar-refractivity contribution in [3.05, 3.63) is 100 Å². The Labute approximate surface area is 194 Å². The SMILES string of the molecule is CC(C)c1ccc(Cn2c(CCCNC(=O)c3ccc(Cl)cc3)nc3ccccc32)cc1. The second kappa shape index (κ2) is 10.0. The summed E-state index contributed by atoms with van der Waals surface area (Å²) in [5.74, 6) is 1.48. The van der Waals surface area contributed by atoms with Crippen LogP contribution in [0.3, 0.4) is 0 Å². The highest BCUT2D eigenvalue weighted by molar-refractivity contribution is 6.30. The van der Waals surface area contributed by atoms with Crippen molar-refractivity contribution in [2.45, 2.75) is 39.2 Å². The number of aromatic nitrogens is 2. The van der Waals surface area contributed by atoms with Crippen molar-refractivity contribution >= 4 is 28.5 Å². The van der Waals surface area contributed by atoms with Crippen molar-refractivity contribution in [3.8, 4) is 0 Å². The van der Waals surface area contributed by atoms with Gasteiger partial charge in [0.05, 0.1) is 11.0 Å². The zero-order chi connectivity index (χ0) is 22.5. The van der Waals surface area contributed by atoms with E-state index in [4.69, 9.17) is 16.6 Å². The second-order valence-electron chi connectivity index (χ2n) is 8.37. The van der Waals surface area contributed by atoms with Crippen molar-refractivity contribution in [1.29, 1.82) is 0 Å². The van der Waals surface area contributed by atoms with E-state index in [0.29, 0.717) is 23.0 Å². The van der Waals surface area contributed by atoms with Gasteiger partial charge < -0.3 is 9.88 Å². The molecule has 4 nitrogen and oxygen atoms in total. The van der Waals surface area contributed by atoms with Crippen LogP contribution in [0.15, 0.2) is 72.8 Å². The Bertz CT molecular complexity index is 1190. The molecular formula is C27H28ClN3O. The molecule has 4 aromatic rings. The molecule has 0 aliphatic carbocycles. The maximum absolute atomic E-state index is 12.3. The Morgan fingerprint density at radius 3 is 2.44 bits per heavy atom. The van der Waals surface area contributed by atoms with Gasteiger partial charge in [-0.2, -0.15) is 0 Å². The lowest BCUT2D eigenvalue weighted by molar-refractivity contribution is 0.0953. The lowest BCUT2D eigenvalue weighted by Crippen LogP contribution is -2.25. The Morgan fingerprint density at radius 2 is 1.72 bits per heavy atom. The number of aryl methyl sites for hydroxylation is 1. The van der Waals surface area contributed by atoms with Gasteiger partial charge in [0.25, 0.3) is 5.91 Å². The summed E-state index contributed by atoms with van der Waals surface area (Å²) >= 11 is 5.90. The minimum absolute atomic E-state index is 0.0830. The van der Waals surface area contributed by atoms with E-state index in [1.54, 1.807) is 24.3 Å². The molecule has 3 aromatic carbocycles. The number of nitrogens with zero attached hydrogens (tertiary/aromatic N) is 2. The number of fused-ring (bicyclic) bond motifs is 1. The van der Waals surface area contributed by atoms with E-state index < -0.39 is 0 Å². The van der Waals surface area contributed by atoms with Crippen LogP contribution in [0.5, 0.6) is 0 Å². The predicted molar refractivity (Wildman–Crippen MR) is 131 cm³/mol. The molecule has 0 radical (unpaired) electrons. The average Bonchev–Trinajstić information content (AvgIpc) is 3.14. The van der Waals surface area contributed by atoms with E-state index in [0.717, 1.165) is 36.2 Å². The Morgan fingerprint density at radius 1 is 1.00 bits per heavy atom. The second-order valence-corrected chi connectivity index (χ2v) is 8.80. The lowest BCUT2D eigenvalue weighted by atomic mass is 10.0. The van der Waals surface area contributed by atoms with Crippen LogP contribution in [0.4, 0.5) is 0 Å².